The van der Waals surface area contributed by atoms with Gasteiger partial charge in [-0.15, -0.1) is 0 Å². The number of nitrogens with zero attached hydrogens (tertiary/aromatic N) is 2. The van der Waals surface area contributed by atoms with Crippen molar-refractivity contribution < 1.29 is 18.0 Å². The highest BCUT2D eigenvalue weighted by Gasteiger charge is 2.33. The first-order valence-corrected chi connectivity index (χ1v) is 14.3. The fraction of sp³-hybridized carbons (Fsp3) is 0.310. The van der Waals surface area contributed by atoms with Crippen molar-refractivity contribution in [2.24, 2.45) is 0 Å². The third-order valence-corrected chi connectivity index (χ3v) is 8.24. The van der Waals surface area contributed by atoms with Gasteiger partial charge in [-0.05, 0) is 68.7 Å². The average molecular weight is 556 g/mol. The van der Waals surface area contributed by atoms with Gasteiger partial charge in [-0.2, -0.15) is 0 Å². The molecule has 7 nitrogen and oxygen atoms in total. The van der Waals surface area contributed by atoms with E-state index < -0.39 is 28.5 Å². The van der Waals surface area contributed by atoms with Crippen LogP contribution in [0.5, 0.6) is 0 Å². The smallest absolute Gasteiger partial charge is 0.264 e. The fourth-order valence-electron chi connectivity index (χ4n) is 4.08. The largest absolute Gasteiger partial charge is 0.354 e. The number of hydrogen-bond donors (Lipinski definition) is 1. The molecule has 0 radical (unpaired) electrons. The average Bonchev–Trinajstić information content (AvgIpc) is 2.89. The van der Waals surface area contributed by atoms with Gasteiger partial charge in [0.05, 0.1) is 10.6 Å². The molecule has 0 saturated heterocycles. The summed E-state index contributed by atoms with van der Waals surface area (Å²) in [6, 6.07) is 19.7. The molecule has 0 aliphatic carbocycles. The molecular weight excluding hydrogens is 522 g/mol. The molecule has 2 amide bonds. The van der Waals surface area contributed by atoms with Crippen LogP contribution in [0.15, 0.2) is 77.7 Å². The minimum Gasteiger partial charge on any atom is -0.354 e. The van der Waals surface area contributed by atoms with Crippen molar-refractivity contribution in [2.45, 2.75) is 51.6 Å². The summed E-state index contributed by atoms with van der Waals surface area (Å²) in [5.41, 5.74) is 2.94. The second kappa shape index (κ2) is 12.9. The number of anilines is 1. The number of hydrogen-bond acceptors (Lipinski definition) is 4. The number of benzene rings is 3. The summed E-state index contributed by atoms with van der Waals surface area (Å²) in [7, 11) is -4.14. The molecule has 0 saturated carbocycles. The van der Waals surface area contributed by atoms with Gasteiger partial charge in [0.15, 0.2) is 0 Å². The molecule has 1 atom stereocenters. The molecule has 3 aromatic rings. The van der Waals surface area contributed by atoms with Crippen LogP contribution in [0.1, 0.15) is 37.0 Å². The summed E-state index contributed by atoms with van der Waals surface area (Å²) in [5, 5.41) is 3.24. The predicted octanol–water partition coefficient (Wildman–Crippen LogP) is 5.10. The van der Waals surface area contributed by atoms with Gasteiger partial charge >= 0.3 is 0 Å². The highest BCUT2D eigenvalue weighted by atomic mass is 35.5. The third-order valence-electron chi connectivity index (χ3n) is 6.22. The van der Waals surface area contributed by atoms with Crippen LogP contribution in [0, 0.1) is 13.8 Å². The van der Waals surface area contributed by atoms with E-state index in [0.717, 1.165) is 21.9 Å². The Kier molecular flexibility index (Phi) is 9.94. The zero-order valence-electron chi connectivity index (χ0n) is 22.1. The van der Waals surface area contributed by atoms with E-state index in [4.69, 9.17) is 11.6 Å². The molecule has 3 rings (SSSR count). The Morgan fingerprint density at radius 2 is 1.66 bits per heavy atom. The van der Waals surface area contributed by atoms with Gasteiger partial charge < -0.3 is 10.2 Å². The molecule has 0 unspecified atom stereocenters. The molecule has 0 bridgehead atoms. The summed E-state index contributed by atoms with van der Waals surface area (Å²) >= 11 is 5.99. The Labute approximate surface area is 230 Å². The Morgan fingerprint density at radius 1 is 0.974 bits per heavy atom. The van der Waals surface area contributed by atoms with Crippen LogP contribution in [0.3, 0.4) is 0 Å². The van der Waals surface area contributed by atoms with Crippen LogP contribution >= 0.6 is 11.6 Å². The summed E-state index contributed by atoms with van der Waals surface area (Å²) in [4.78, 5) is 28.3. The lowest BCUT2D eigenvalue weighted by molar-refractivity contribution is -0.139. The number of aryl methyl sites for hydroxylation is 2. The van der Waals surface area contributed by atoms with Crippen molar-refractivity contribution >= 4 is 39.1 Å². The Bertz CT molecular complexity index is 1380. The summed E-state index contributed by atoms with van der Waals surface area (Å²) < 4.78 is 28.8. The number of amides is 2. The predicted molar refractivity (Wildman–Crippen MR) is 152 cm³/mol. The van der Waals surface area contributed by atoms with Gasteiger partial charge in [0.1, 0.15) is 12.6 Å². The number of carbonyl (C=O) groups is 2. The lowest BCUT2D eigenvalue weighted by atomic mass is 10.1. The van der Waals surface area contributed by atoms with Crippen LogP contribution in [-0.4, -0.2) is 44.3 Å². The fourth-order valence-corrected chi connectivity index (χ4v) is 5.68. The van der Waals surface area contributed by atoms with E-state index in [1.165, 1.54) is 29.2 Å². The quantitative estimate of drug-likeness (QED) is 0.357. The Morgan fingerprint density at radius 3 is 2.29 bits per heavy atom. The molecule has 1 N–H and O–H groups in total. The Hall–Kier alpha value is -3.36. The molecule has 38 heavy (non-hydrogen) atoms. The van der Waals surface area contributed by atoms with Crippen molar-refractivity contribution in [1.29, 1.82) is 0 Å². The van der Waals surface area contributed by atoms with E-state index in [1.54, 1.807) is 38.1 Å². The van der Waals surface area contributed by atoms with Gasteiger partial charge in [-0.1, -0.05) is 66.6 Å². The first-order valence-electron chi connectivity index (χ1n) is 12.5. The lowest BCUT2D eigenvalue weighted by Gasteiger charge is -2.32. The molecular formula is C29H34ClN3O4S. The second-order valence-corrected chi connectivity index (χ2v) is 11.5. The van der Waals surface area contributed by atoms with Crippen LogP contribution in [0.25, 0.3) is 0 Å². The third kappa shape index (κ3) is 7.14. The number of rotatable bonds is 11. The van der Waals surface area contributed by atoms with E-state index in [9.17, 15) is 18.0 Å². The van der Waals surface area contributed by atoms with E-state index in [0.29, 0.717) is 22.8 Å². The first kappa shape index (κ1) is 29.2. The van der Waals surface area contributed by atoms with E-state index in [1.807, 2.05) is 38.1 Å². The molecule has 0 fully saturated rings. The maximum Gasteiger partial charge on any atom is 0.264 e. The van der Waals surface area contributed by atoms with E-state index in [2.05, 4.69) is 5.32 Å². The summed E-state index contributed by atoms with van der Waals surface area (Å²) in [5.74, 6) is -0.790. The zero-order valence-corrected chi connectivity index (χ0v) is 23.7. The van der Waals surface area contributed by atoms with Crippen LogP contribution < -0.4 is 9.62 Å². The van der Waals surface area contributed by atoms with Crippen molar-refractivity contribution in [3.05, 3.63) is 94.5 Å². The Balaban J connectivity index is 2.03. The SMILES string of the molecule is CCCNC(=O)[C@H](C)N(Cc1cccc(C)c1)C(=O)CN(c1ccccc1C)S(=O)(=O)c1ccc(Cl)cc1. The summed E-state index contributed by atoms with van der Waals surface area (Å²) in [6.07, 6.45) is 0.755. The summed E-state index contributed by atoms with van der Waals surface area (Å²) in [6.45, 7) is 7.50. The van der Waals surface area contributed by atoms with Crippen molar-refractivity contribution in [2.75, 3.05) is 17.4 Å². The maximum absolute atomic E-state index is 13.9. The monoisotopic (exact) mass is 555 g/mol. The highest BCUT2D eigenvalue weighted by Crippen LogP contribution is 2.28. The van der Waals surface area contributed by atoms with Gasteiger partial charge in [0, 0.05) is 18.1 Å². The number of sulfonamides is 1. The molecule has 202 valence electrons. The van der Waals surface area contributed by atoms with Crippen LogP contribution in [-0.2, 0) is 26.2 Å². The molecule has 0 aliphatic rings. The van der Waals surface area contributed by atoms with E-state index >= 15 is 0 Å². The lowest BCUT2D eigenvalue weighted by Crippen LogP contribution is -2.51. The molecule has 0 aliphatic heterocycles. The topological polar surface area (TPSA) is 86.8 Å². The minimum absolute atomic E-state index is 0.0110. The maximum atomic E-state index is 13.9. The number of nitrogens with one attached hydrogen (secondary N) is 1. The van der Waals surface area contributed by atoms with Crippen molar-refractivity contribution in [3.8, 4) is 0 Å². The van der Waals surface area contributed by atoms with Crippen molar-refractivity contribution in [3.63, 3.8) is 0 Å². The molecule has 0 aromatic heterocycles. The standard InChI is InChI=1S/C29H34ClN3O4S/c1-5-17-31-29(35)23(4)32(19-24-11-8-9-21(2)18-24)28(34)20-33(27-12-7-6-10-22(27)3)38(36,37)26-15-13-25(30)14-16-26/h6-16,18,23H,5,17,19-20H2,1-4H3,(H,31,35)/t23-/m0/s1. The van der Waals surface area contributed by atoms with Crippen LogP contribution in [0.2, 0.25) is 5.02 Å². The number of para-hydroxylation sites is 1. The minimum atomic E-state index is -4.14. The van der Waals surface area contributed by atoms with E-state index in [-0.39, 0.29) is 17.3 Å². The highest BCUT2D eigenvalue weighted by molar-refractivity contribution is 7.92. The molecule has 0 heterocycles. The van der Waals surface area contributed by atoms with Gasteiger partial charge in [0.2, 0.25) is 11.8 Å². The first-order chi connectivity index (χ1) is 18.0. The number of halogens is 1. The van der Waals surface area contributed by atoms with Gasteiger partial charge in [0.25, 0.3) is 10.0 Å². The van der Waals surface area contributed by atoms with Gasteiger partial charge in [-0.3, -0.25) is 13.9 Å². The van der Waals surface area contributed by atoms with Crippen LogP contribution in [0.4, 0.5) is 5.69 Å². The second-order valence-electron chi connectivity index (χ2n) is 9.23. The molecule has 3 aromatic carbocycles. The zero-order chi connectivity index (χ0) is 27.9. The molecule has 0 spiro atoms. The normalized spacial score (nSPS) is 12.0. The molecule has 9 heteroatoms. The van der Waals surface area contributed by atoms with Crippen molar-refractivity contribution in [1.82, 2.24) is 10.2 Å². The number of carbonyl (C=O) groups excluding carboxylic acids is 2. The van der Waals surface area contributed by atoms with Gasteiger partial charge in [-0.25, -0.2) is 8.42 Å².